The normalized spacial score (nSPS) is 22.4. The zero-order chi connectivity index (χ0) is 29.8. The number of rotatable bonds is 10. The molecule has 4 unspecified atom stereocenters. The molecule has 0 aromatic carbocycles. The third-order valence-corrected chi connectivity index (χ3v) is 6.78. The smallest absolute Gasteiger partial charge is 0.289 e. The van der Waals surface area contributed by atoms with E-state index in [0.29, 0.717) is 25.8 Å². The molecule has 1 saturated heterocycles. The van der Waals surface area contributed by atoms with E-state index >= 15 is 0 Å². The van der Waals surface area contributed by atoms with Crippen LogP contribution >= 0.6 is 0 Å². The van der Waals surface area contributed by atoms with Crippen molar-refractivity contribution in [2.24, 2.45) is 17.8 Å². The van der Waals surface area contributed by atoms with Gasteiger partial charge in [-0.05, 0) is 70.6 Å². The Morgan fingerprint density at radius 1 is 1.05 bits per heavy atom. The largest absolute Gasteiger partial charge is 0.379 e. The minimum absolute atomic E-state index is 0.0417. The highest BCUT2D eigenvalue weighted by Gasteiger charge is 2.49. The average Bonchev–Trinajstić information content (AvgIpc) is 3.42. The van der Waals surface area contributed by atoms with Gasteiger partial charge in [-0.15, -0.1) is 0 Å². The lowest BCUT2D eigenvalue weighted by molar-refractivity contribution is -0.142. The lowest BCUT2D eigenvalue weighted by Gasteiger charge is -2.28. The number of methoxy groups -OCH3 is 1. The molecule has 0 radical (unpaired) electrons. The van der Waals surface area contributed by atoms with Crippen LogP contribution in [0.15, 0.2) is 0 Å². The number of likely N-dealkylation sites (tertiary alicyclic amines) is 1. The third kappa shape index (κ3) is 12.5. The molecule has 3 N–H and O–H groups in total. The highest BCUT2D eigenvalue weighted by molar-refractivity contribution is 6.38. The maximum absolute atomic E-state index is 13.1. The van der Waals surface area contributed by atoms with Gasteiger partial charge >= 0.3 is 0 Å². The fourth-order valence-corrected chi connectivity index (χ4v) is 4.59. The van der Waals surface area contributed by atoms with E-state index in [1.807, 2.05) is 27.7 Å². The highest BCUT2D eigenvalue weighted by Crippen LogP contribution is 2.42. The van der Waals surface area contributed by atoms with Crippen LogP contribution in [0.25, 0.3) is 0 Å². The van der Waals surface area contributed by atoms with E-state index in [2.05, 4.69) is 36.7 Å². The first-order valence-electron chi connectivity index (χ1n) is 14.4. The van der Waals surface area contributed by atoms with Crippen molar-refractivity contribution in [2.45, 2.75) is 117 Å². The average molecular weight is 553 g/mol. The van der Waals surface area contributed by atoms with Crippen molar-refractivity contribution in [1.82, 2.24) is 20.9 Å². The van der Waals surface area contributed by atoms with E-state index < -0.39 is 23.8 Å². The van der Waals surface area contributed by atoms with E-state index in [1.54, 1.807) is 7.11 Å². The Morgan fingerprint density at radius 3 is 2.13 bits per heavy atom. The number of fused-ring (bicyclic) bond motifs is 1. The number of hydrogen-bond donors (Lipinski definition) is 3. The number of nitrogens with one attached hydrogen (secondary N) is 3. The van der Waals surface area contributed by atoms with Crippen LogP contribution in [0.1, 0.15) is 93.4 Å². The lowest BCUT2D eigenvalue weighted by atomic mass is 9.93. The monoisotopic (exact) mass is 552 g/mol. The van der Waals surface area contributed by atoms with Gasteiger partial charge in [0.05, 0.1) is 18.2 Å². The predicted octanol–water partition coefficient (Wildman–Crippen LogP) is 2.59. The van der Waals surface area contributed by atoms with E-state index in [4.69, 9.17) is 4.74 Å². The Hall–Kier alpha value is -2.49. The first-order chi connectivity index (χ1) is 18.2. The number of hydrogen-bond acceptors (Lipinski definition) is 6. The molecular weight excluding hydrogens is 500 g/mol. The summed E-state index contributed by atoms with van der Waals surface area (Å²) in [5, 5.41) is 7.79. The molecule has 10 heteroatoms. The zero-order valence-electron chi connectivity index (χ0n) is 25.3. The second kappa shape index (κ2) is 16.6. The molecule has 0 bridgehead atoms. The van der Waals surface area contributed by atoms with E-state index in [1.165, 1.54) is 4.90 Å². The molecule has 4 amide bonds. The Kier molecular flexibility index (Phi) is 14.7. The highest BCUT2D eigenvalue weighted by atomic mass is 16.5. The molecule has 224 valence electrons. The van der Waals surface area contributed by atoms with Crippen LogP contribution in [0.4, 0.5) is 0 Å². The van der Waals surface area contributed by atoms with Crippen molar-refractivity contribution in [2.75, 3.05) is 20.2 Å². The fourth-order valence-electron chi connectivity index (χ4n) is 4.59. The molecule has 4 atom stereocenters. The first kappa shape index (κ1) is 34.5. The van der Waals surface area contributed by atoms with Crippen molar-refractivity contribution < 1.29 is 28.7 Å². The second-order valence-electron chi connectivity index (χ2n) is 12.4. The molecule has 2 aliphatic carbocycles. The maximum Gasteiger partial charge on any atom is 0.289 e. The number of Topliss-reactive ketones (excluding diaryl/α,β-unsaturated/α-hetero) is 1. The number of carbonyl (C=O) groups excluding carboxylic acids is 5. The summed E-state index contributed by atoms with van der Waals surface area (Å²) in [6, 6.07) is -1.49. The van der Waals surface area contributed by atoms with Crippen molar-refractivity contribution in [3.8, 4) is 0 Å². The molecule has 2 saturated carbocycles. The Bertz CT molecular complexity index is 818. The van der Waals surface area contributed by atoms with Crippen LogP contribution in [-0.2, 0) is 28.7 Å². The summed E-state index contributed by atoms with van der Waals surface area (Å²) >= 11 is 0. The Balaban J connectivity index is 0.000000651. The van der Waals surface area contributed by atoms with Gasteiger partial charge in [0, 0.05) is 19.7 Å². The summed E-state index contributed by atoms with van der Waals surface area (Å²) in [6.07, 6.45) is 6.03. The van der Waals surface area contributed by atoms with Gasteiger partial charge in [-0.1, -0.05) is 40.5 Å². The molecule has 1 aliphatic heterocycles. The first-order valence-corrected chi connectivity index (χ1v) is 14.4. The summed E-state index contributed by atoms with van der Waals surface area (Å²) < 4.78 is 4.94. The van der Waals surface area contributed by atoms with Gasteiger partial charge in [-0.3, -0.25) is 24.0 Å². The molecule has 3 fully saturated rings. The summed E-state index contributed by atoms with van der Waals surface area (Å²) in [7, 11) is 1.71. The van der Waals surface area contributed by atoms with Crippen molar-refractivity contribution in [3.63, 3.8) is 0 Å². The molecule has 39 heavy (non-hydrogen) atoms. The van der Waals surface area contributed by atoms with Gasteiger partial charge < -0.3 is 25.6 Å². The predicted molar refractivity (Wildman–Crippen MR) is 151 cm³/mol. The number of nitrogens with zero attached hydrogens (tertiary/aromatic N) is 1. The van der Waals surface area contributed by atoms with Crippen LogP contribution in [0.2, 0.25) is 0 Å². The zero-order valence-corrected chi connectivity index (χ0v) is 25.3. The fraction of sp³-hybridized carbons (Fsp3) is 0.828. The molecule has 3 rings (SSSR count). The summed E-state index contributed by atoms with van der Waals surface area (Å²) in [6.45, 7) is 14.8. The third-order valence-electron chi connectivity index (χ3n) is 6.78. The second-order valence-corrected chi connectivity index (χ2v) is 12.4. The van der Waals surface area contributed by atoms with Crippen molar-refractivity contribution >= 4 is 29.9 Å². The molecule has 0 aromatic rings. The van der Waals surface area contributed by atoms with Gasteiger partial charge in [0.1, 0.15) is 6.04 Å². The maximum atomic E-state index is 13.1. The Labute approximate surface area is 234 Å². The van der Waals surface area contributed by atoms with Crippen LogP contribution in [0.3, 0.4) is 0 Å². The van der Waals surface area contributed by atoms with Crippen molar-refractivity contribution in [1.29, 1.82) is 0 Å². The van der Waals surface area contributed by atoms with E-state index in [0.717, 1.165) is 38.0 Å². The van der Waals surface area contributed by atoms with Crippen LogP contribution in [-0.4, -0.2) is 78.7 Å². The van der Waals surface area contributed by atoms with Gasteiger partial charge in [-0.2, -0.15) is 0 Å². The van der Waals surface area contributed by atoms with Gasteiger partial charge in [-0.25, -0.2) is 0 Å². The summed E-state index contributed by atoms with van der Waals surface area (Å²) in [4.78, 5) is 62.5. The SMILES string of the molecule is CC(C)C.CCCC(NC(=O)C1C2CCCC2CN1C(=O)CNC=O)C(=O)C(=O)NC1CC1.COC(C)(C)C. The molecule has 1 heterocycles. The number of ether oxygens (including phenoxy) is 1. The van der Waals surface area contributed by atoms with Crippen LogP contribution < -0.4 is 16.0 Å². The standard InChI is InChI=1S/C20H30N4O5.C5H12O.C4H10/c1-2-4-15(18(27)20(29)22-13-7-8-13)23-19(28)17-14-6-3-5-12(14)10-24(17)16(26)9-21-11-25;1-5(2,3)6-4;1-4(2)3/h11-15,17H,2-10H2,1H3,(H,21,25)(H,22,29)(H,23,28);1-4H3;4H,1-3H3. The quantitative estimate of drug-likeness (QED) is 0.282. The molecule has 10 nitrogen and oxygen atoms in total. The van der Waals surface area contributed by atoms with Gasteiger partial charge in [0.2, 0.25) is 24.0 Å². The van der Waals surface area contributed by atoms with Crippen LogP contribution in [0, 0.1) is 17.8 Å². The number of ketones is 1. The number of carbonyl (C=O) groups is 5. The Morgan fingerprint density at radius 2 is 1.64 bits per heavy atom. The summed E-state index contributed by atoms with van der Waals surface area (Å²) in [5.41, 5.74) is 0.0417. The lowest BCUT2D eigenvalue weighted by Crippen LogP contribution is -2.55. The molecule has 0 spiro atoms. The minimum Gasteiger partial charge on any atom is -0.379 e. The molecule has 3 aliphatic rings. The van der Waals surface area contributed by atoms with Gasteiger partial charge in [0.25, 0.3) is 5.91 Å². The number of amides is 4. The van der Waals surface area contributed by atoms with Crippen molar-refractivity contribution in [3.05, 3.63) is 0 Å². The van der Waals surface area contributed by atoms with E-state index in [-0.39, 0.29) is 41.8 Å². The minimum atomic E-state index is -0.892. The topological polar surface area (TPSA) is 134 Å². The summed E-state index contributed by atoms with van der Waals surface area (Å²) in [5.74, 6) is -0.841. The van der Waals surface area contributed by atoms with Crippen LogP contribution in [0.5, 0.6) is 0 Å². The van der Waals surface area contributed by atoms with Gasteiger partial charge in [0.15, 0.2) is 0 Å². The van der Waals surface area contributed by atoms with E-state index in [9.17, 15) is 24.0 Å². The molecular formula is C29H52N4O6. The molecule has 0 aromatic heterocycles.